The van der Waals surface area contributed by atoms with Gasteiger partial charge in [0.1, 0.15) is 0 Å². The molecule has 0 fully saturated rings. The molecule has 0 unspecified atom stereocenters. The zero-order valence-electron chi connectivity index (χ0n) is 11.4. The zero-order valence-corrected chi connectivity index (χ0v) is 11.4. The second kappa shape index (κ2) is 9.30. The highest BCUT2D eigenvalue weighted by molar-refractivity contribution is 5.92. The number of hydrogen-bond acceptors (Lipinski definition) is 3. The average molecular weight is 262 g/mol. The third-order valence-corrected chi connectivity index (χ3v) is 2.48. The van der Waals surface area contributed by atoms with Crippen LogP contribution >= 0.6 is 0 Å². The molecule has 4 heteroatoms. The smallest absolute Gasteiger partial charge is 0.238 e. The van der Waals surface area contributed by atoms with Crippen LogP contribution in [0.5, 0.6) is 0 Å². The van der Waals surface area contributed by atoms with Crippen LogP contribution in [0.4, 0.5) is 5.69 Å². The first-order chi connectivity index (χ1) is 9.22. The Kier molecular flexibility index (Phi) is 7.54. The SMILES string of the molecule is C=CCCOCCNCC(=O)Nc1cccc(C)c1. The number of hydrogen-bond donors (Lipinski definition) is 2. The number of carbonyl (C=O) groups excluding carboxylic acids is 1. The van der Waals surface area contributed by atoms with E-state index in [0.717, 1.165) is 17.7 Å². The summed E-state index contributed by atoms with van der Waals surface area (Å²) in [5, 5.41) is 5.87. The summed E-state index contributed by atoms with van der Waals surface area (Å²) in [5.74, 6) is -0.0447. The summed E-state index contributed by atoms with van der Waals surface area (Å²) in [6, 6.07) is 7.74. The molecule has 0 saturated heterocycles. The van der Waals surface area contributed by atoms with E-state index in [4.69, 9.17) is 4.74 Å². The first kappa shape index (κ1) is 15.4. The summed E-state index contributed by atoms with van der Waals surface area (Å²) in [4.78, 5) is 11.6. The molecule has 2 N–H and O–H groups in total. The second-order valence-electron chi connectivity index (χ2n) is 4.28. The Morgan fingerprint density at radius 1 is 1.42 bits per heavy atom. The normalized spacial score (nSPS) is 10.2. The molecule has 1 amide bonds. The molecular formula is C15H22N2O2. The van der Waals surface area contributed by atoms with Crippen molar-refractivity contribution in [3.63, 3.8) is 0 Å². The van der Waals surface area contributed by atoms with Gasteiger partial charge in [-0.3, -0.25) is 4.79 Å². The Labute approximate surface area is 114 Å². The minimum atomic E-state index is -0.0447. The van der Waals surface area contributed by atoms with Gasteiger partial charge in [-0.2, -0.15) is 0 Å². The number of nitrogens with one attached hydrogen (secondary N) is 2. The van der Waals surface area contributed by atoms with Gasteiger partial charge < -0.3 is 15.4 Å². The Morgan fingerprint density at radius 3 is 3.00 bits per heavy atom. The maximum atomic E-state index is 11.6. The summed E-state index contributed by atoms with van der Waals surface area (Å²) in [6.07, 6.45) is 2.68. The van der Waals surface area contributed by atoms with Crippen LogP contribution in [-0.4, -0.2) is 32.2 Å². The van der Waals surface area contributed by atoms with Gasteiger partial charge in [0.15, 0.2) is 0 Å². The number of amides is 1. The number of carbonyl (C=O) groups is 1. The van der Waals surface area contributed by atoms with Gasteiger partial charge in [-0.1, -0.05) is 18.2 Å². The van der Waals surface area contributed by atoms with Gasteiger partial charge in [-0.25, -0.2) is 0 Å². The monoisotopic (exact) mass is 262 g/mol. The third kappa shape index (κ3) is 7.39. The van der Waals surface area contributed by atoms with Crippen LogP contribution in [0.15, 0.2) is 36.9 Å². The standard InChI is InChI=1S/C15H22N2O2/c1-3-4-9-19-10-8-16-12-15(18)17-14-7-5-6-13(2)11-14/h3,5-7,11,16H,1,4,8-10,12H2,2H3,(H,17,18). The fourth-order valence-corrected chi connectivity index (χ4v) is 1.54. The molecule has 0 atom stereocenters. The molecule has 0 aromatic heterocycles. The lowest BCUT2D eigenvalue weighted by Gasteiger charge is -2.07. The van der Waals surface area contributed by atoms with Crippen molar-refractivity contribution < 1.29 is 9.53 Å². The summed E-state index contributed by atoms with van der Waals surface area (Å²) < 4.78 is 5.32. The number of ether oxygens (including phenoxy) is 1. The molecule has 0 bridgehead atoms. The third-order valence-electron chi connectivity index (χ3n) is 2.48. The summed E-state index contributed by atoms with van der Waals surface area (Å²) in [6.45, 7) is 7.85. The van der Waals surface area contributed by atoms with E-state index in [9.17, 15) is 4.79 Å². The number of benzene rings is 1. The van der Waals surface area contributed by atoms with Gasteiger partial charge in [0.05, 0.1) is 19.8 Å². The van der Waals surface area contributed by atoms with Crippen molar-refractivity contribution in [2.24, 2.45) is 0 Å². The van der Waals surface area contributed by atoms with Gasteiger partial charge in [0.2, 0.25) is 5.91 Å². The first-order valence-electron chi connectivity index (χ1n) is 6.48. The van der Waals surface area contributed by atoms with Crippen molar-refractivity contribution in [1.82, 2.24) is 5.32 Å². The molecule has 0 aliphatic heterocycles. The molecule has 0 aliphatic rings. The quantitative estimate of drug-likeness (QED) is 0.529. The molecule has 1 aromatic carbocycles. The molecule has 19 heavy (non-hydrogen) atoms. The Morgan fingerprint density at radius 2 is 2.26 bits per heavy atom. The maximum absolute atomic E-state index is 11.6. The van der Waals surface area contributed by atoms with Gasteiger partial charge in [-0.05, 0) is 31.0 Å². The fourth-order valence-electron chi connectivity index (χ4n) is 1.54. The van der Waals surface area contributed by atoms with E-state index in [1.807, 2.05) is 37.3 Å². The van der Waals surface area contributed by atoms with Crippen molar-refractivity contribution >= 4 is 11.6 Å². The molecule has 0 aliphatic carbocycles. The van der Waals surface area contributed by atoms with Crippen LogP contribution in [0.2, 0.25) is 0 Å². The lowest BCUT2D eigenvalue weighted by Crippen LogP contribution is -2.30. The predicted molar refractivity (Wildman–Crippen MR) is 78.3 cm³/mol. The lowest BCUT2D eigenvalue weighted by atomic mass is 10.2. The van der Waals surface area contributed by atoms with Gasteiger partial charge in [0.25, 0.3) is 0 Å². The van der Waals surface area contributed by atoms with Crippen LogP contribution in [-0.2, 0) is 9.53 Å². The molecular weight excluding hydrogens is 240 g/mol. The summed E-state index contributed by atoms with van der Waals surface area (Å²) in [5.41, 5.74) is 1.95. The predicted octanol–water partition coefficient (Wildman–Crippen LogP) is 2.12. The van der Waals surface area contributed by atoms with Gasteiger partial charge >= 0.3 is 0 Å². The highest BCUT2D eigenvalue weighted by Gasteiger charge is 2.01. The van der Waals surface area contributed by atoms with E-state index in [1.165, 1.54) is 0 Å². The van der Waals surface area contributed by atoms with Crippen LogP contribution in [0.1, 0.15) is 12.0 Å². The van der Waals surface area contributed by atoms with Crippen LogP contribution < -0.4 is 10.6 Å². The molecule has 4 nitrogen and oxygen atoms in total. The number of aryl methyl sites for hydroxylation is 1. The van der Waals surface area contributed by atoms with Crippen molar-refractivity contribution in [3.8, 4) is 0 Å². The minimum Gasteiger partial charge on any atom is -0.380 e. The Balaban J connectivity index is 2.10. The number of anilines is 1. The Bertz CT molecular complexity index is 405. The van der Waals surface area contributed by atoms with Gasteiger partial charge in [-0.15, -0.1) is 6.58 Å². The summed E-state index contributed by atoms with van der Waals surface area (Å²) in [7, 11) is 0. The zero-order chi connectivity index (χ0) is 13.9. The van der Waals surface area contributed by atoms with Crippen LogP contribution in [0, 0.1) is 6.92 Å². The largest absolute Gasteiger partial charge is 0.380 e. The highest BCUT2D eigenvalue weighted by atomic mass is 16.5. The molecule has 104 valence electrons. The van der Waals surface area contributed by atoms with E-state index in [1.54, 1.807) is 0 Å². The van der Waals surface area contributed by atoms with Crippen molar-refractivity contribution in [2.45, 2.75) is 13.3 Å². The highest BCUT2D eigenvalue weighted by Crippen LogP contribution is 2.08. The molecule has 1 aromatic rings. The van der Waals surface area contributed by atoms with E-state index >= 15 is 0 Å². The fraction of sp³-hybridized carbons (Fsp3) is 0.400. The summed E-state index contributed by atoms with van der Waals surface area (Å²) >= 11 is 0. The minimum absolute atomic E-state index is 0.0447. The molecule has 0 radical (unpaired) electrons. The first-order valence-corrected chi connectivity index (χ1v) is 6.48. The molecule has 1 rings (SSSR count). The Hall–Kier alpha value is -1.65. The van der Waals surface area contributed by atoms with Gasteiger partial charge in [0, 0.05) is 12.2 Å². The second-order valence-corrected chi connectivity index (χ2v) is 4.28. The van der Waals surface area contributed by atoms with Crippen molar-refractivity contribution in [1.29, 1.82) is 0 Å². The lowest BCUT2D eigenvalue weighted by molar-refractivity contribution is -0.115. The van der Waals surface area contributed by atoms with E-state index < -0.39 is 0 Å². The van der Waals surface area contributed by atoms with E-state index in [-0.39, 0.29) is 5.91 Å². The van der Waals surface area contributed by atoms with Crippen LogP contribution in [0.3, 0.4) is 0 Å². The van der Waals surface area contributed by atoms with Crippen molar-refractivity contribution in [2.75, 3.05) is 31.6 Å². The van der Waals surface area contributed by atoms with E-state index in [2.05, 4.69) is 17.2 Å². The molecule has 0 saturated carbocycles. The maximum Gasteiger partial charge on any atom is 0.238 e. The average Bonchev–Trinajstić information content (AvgIpc) is 2.37. The molecule has 0 heterocycles. The van der Waals surface area contributed by atoms with Crippen LogP contribution in [0.25, 0.3) is 0 Å². The molecule has 0 spiro atoms. The topological polar surface area (TPSA) is 50.4 Å². The number of rotatable bonds is 9. The van der Waals surface area contributed by atoms with E-state index in [0.29, 0.717) is 26.3 Å². The van der Waals surface area contributed by atoms with Crippen molar-refractivity contribution in [3.05, 3.63) is 42.5 Å².